The van der Waals surface area contributed by atoms with E-state index in [0.717, 1.165) is 12.8 Å². The molecule has 0 heterocycles. The summed E-state index contributed by atoms with van der Waals surface area (Å²) < 4.78 is 24.7. The van der Waals surface area contributed by atoms with E-state index in [9.17, 15) is 14.0 Å². The maximum atomic E-state index is 14.1. The number of benzene rings is 1. The first-order valence-corrected chi connectivity index (χ1v) is 9.52. The summed E-state index contributed by atoms with van der Waals surface area (Å²) in [5.41, 5.74) is 1.52. The number of carbonyl (C=O) groups excluding carboxylic acids is 2. The van der Waals surface area contributed by atoms with Crippen molar-refractivity contribution in [2.75, 3.05) is 11.4 Å². The number of carbonyl (C=O) groups is 2. The Labute approximate surface area is 161 Å². The van der Waals surface area contributed by atoms with Gasteiger partial charge in [-0.1, -0.05) is 13.3 Å². The van der Waals surface area contributed by atoms with E-state index in [1.165, 1.54) is 0 Å². The maximum Gasteiger partial charge on any atom is 0.340 e. The highest BCUT2D eigenvalue weighted by molar-refractivity contribution is 6.02. The highest BCUT2D eigenvalue weighted by atomic mass is 19.1. The Hall–Kier alpha value is -2.11. The summed E-state index contributed by atoms with van der Waals surface area (Å²) in [5.74, 6) is -1.61. The number of hydrogen-bond acceptors (Lipinski definition) is 5. The zero-order valence-corrected chi connectivity index (χ0v) is 17.5. The smallest absolute Gasteiger partial charge is 0.340 e. The van der Waals surface area contributed by atoms with Gasteiger partial charge in [-0.05, 0) is 71.2 Å². The Kier molecular flexibility index (Phi) is 8.73. The lowest BCUT2D eigenvalue weighted by atomic mass is 10.1. The largest absolute Gasteiger partial charge is 0.461 e. The summed E-state index contributed by atoms with van der Waals surface area (Å²) in [7, 11) is 0. The van der Waals surface area contributed by atoms with E-state index in [0.29, 0.717) is 23.4 Å². The van der Waals surface area contributed by atoms with E-state index in [4.69, 9.17) is 9.47 Å². The van der Waals surface area contributed by atoms with Gasteiger partial charge in [0.15, 0.2) is 0 Å². The molecule has 0 spiro atoms. The van der Waals surface area contributed by atoms with Crippen LogP contribution in [0.1, 0.15) is 58.6 Å². The highest BCUT2D eigenvalue weighted by Gasteiger charge is 2.37. The number of halogens is 1. The summed E-state index contributed by atoms with van der Waals surface area (Å²) in [6, 6.07) is 2.07. The van der Waals surface area contributed by atoms with Crippen LogP contribution >= 0.6 is 0 Å². The van der Waals surface area contributed by atoms with Crippen molar-refractivity contribution in [2.24, 2.45) is 0 Å². The predicted molar refractivity (Wildman–Crippen MR) is 104 cm³/mol. The lowest BCUT2D eigenvalue weighted by Crippen LogP contribution is -2.50. The van der Waals surface area contributed by atoms with E-state index in [-0.39, 0.29) is 18.0 Å². The molecule has 5 nitrogen and oxygen atoms in total. The van der Waals surface area contributed by atoms with E-state index in [2.05, 4.69) is 0 Å². The predicted octanol–water partition coefficient (Wildman–Crippen LogP) is 4.32. The average Bonchev–Trinajstić information content (AvgIpc) is 2.54. The number of esters is 2. The lowest BCUT2D eigenvalue weighted by molar-refractivity contribution is -0.161. The Morgan fingerprint density at radius 1 is 1.00 bits per heavy atom. The van der Waals surface area contributed by atoms with Crippen molar-refractivity contribution in [3.05, 3.63) is 29.1 Å². The van der Waals surface area contributed by atoms with E-state index >= 15 is 0 Å². The number of ether oxygens (including phenoxy) is 2. The fraction of sp³-hybridized carbons (Fsp3) is 0.619. The third-order valence-electron chi connectivity index (χ3n) is 3.97. The number of hydrogen-bond donors (Lipinski definition) is 0. The molecule has 0 aliphatic heterocycles. The van der Waals surface area contributed by atoms with Gasteiger partial charge in [0.2, 0.25) is 6.04 Å². The van der Waals surface area contributed by atoms with Gasteiger partial charge in [0.05, 0.1) is 12.2 Å². The fourth-order valence-electron chi connectivity index (χ4n) is 2.77. The molecular weight excluding hydrogens is 349 g/mol. The summed E-state index contributed by atoms with van der Waals surface area (Å²) in [4.78, 5) is 27.2. The SMILES string of the molecule is CCCCN(c1cc(C)c(F)c(C)c1)C(C(=O)OC(C)C)C(=O)OC(C)C. The van der Waals surface area contributed by atoms with Crippen molar-refractivity contribution in [2.45, 2.75) is 79.6 Å². The molecule has 1 aromatic carbocycles. The second kappa shape index (κ2) is 10.3. The molecule has 0 amide bonds. The van der Waals surface area contributed by atoms with Crippen LogP contribution in [0.2, 0.25) is 0 Å². The number of aryl methyl sites for hydroxylation is 2. The van der Waals surface area contributed by atoms with Crippen LogP contribution in [0.15, 0.2) is 12.1 Å². The number of unbranched alkanes of at least 4 members (excludes halogenated alkanes) is 1. The molecule has 0 saturated carbocycles. The van der Waals surface area contributed by atoms with Gasteiger partial charge in [0.1, 0.15) is 5.82 Å². The molecule has 0 saturated heterocycles. The van der Waals surface area contributed by atoms with Gasteiger partial charge < -0.3 is 14.4 Å². The molecule has 0 N–H and O–H groups in total. The topological polar surface area (TPSA) is 55.8 Å². The average molecular weight is 381 g/mol. The van der Waals surface area contributed by atoms with Crippen LogP contribution in [0.4, 0.5) is 10.1 Å². The molecule has 27 heavy (non-hydrogen) atoms. The minimum absolute atomic E-state index is 0.291. The van der Waals surface area contributed by atoms with Crippen molar-refractivity contribution < 1.29 is 23.5 Å². The van der Waals surface area contributed by atoms with E-state index < -0.39 is 18.0 Å². The molecule has 1 aromatic rings. The van der Waals surface area contributed by atoms with Crippen LogP contribution in [-0.2, 0) is 19.1 Å². The van der Waals surface area contributed by atoms with Crippen LogP contribution in [-0.4, -0.2) is 36.7 Å². The first kappa shape index (κ1) is 22.9. The lowest BCUT2D eigenvalue weighted by Gasteiger charge is -2.32. The normalized spacial score (nSPS) is 11.2. The van der Waals surface area contributed by atoms with Crippen molar-refractivity contribution >= 4 is 17.6 Å². The zero-order chi connectivity index (χ0) is 20.7. The zero-order valence-electron chi connectivity index (χ0n) is 17.5. The Bertz CT molecular complexity index is 613. The van der Waals surface area contributed by atoms with Gasteiger partial charge in [-0.25, -0.2) is 14.0 Å². The minimum Gasteiger partial charge on any atom is -0.461 e. The van der Waals surface area contributed by atoms with Gasteiger partial charge >= 0.3 is 11.9 Å². The summed E-state index contributed by atoms with van der Waals surface area (Å²) in [5, 5.41) is 0. The minimum atomic E-state index is -1.23. The van der Waals surface area contributed by atoms with Gasteiger partial charge in [0, 0.05) is 12.2 Å². The first-order valence-electron chi connectivity index (χ1n) is 9.52. The molecule has 0 aliphatic carbocycles. The molecule has 0 radical (unpaired) electrons. The molecule has 0 aromatic heterocycles. The van der Waals surface area contributed by atoms with Gasteiger partial charge in [0.25, 0.3) is 0 Å². The van der Waals surface area contributed by atoms with Crippen molar-refractivity contribution in [3.8, 4) is 0 Å². The maximum absolute atomic E-state index is 14.1. The molecule has 0 unspecified atom stereocenters. The fourth-order valence-corrected chi connectivity index (χ4v) is 2.77. The summed E-state index contributed by atoms with van der Waals surface area (Å²) >= 11 is 0. The quantitative estimate of drug-likeness (QED) is 0.471. The standard InChI is InChI=1S/C21H32FNO4/c1-8-9-10-23(17-11-15(6)18(22)16(7)12-17)19(20(24)26-13(2)3)21(25)27-14(4)5/h11-14,19H,8-10H2,1-7H3. The molecule has 6 heteroatoms. The van der Waals surface area contributed by atoms with Crippen LogP contribution in [0.5, 0.6) is 0 Å². The Morgan fingerprint density at radius 3 is 1.81 bits per heavy atom. The second-order valence-corrected chi connectivity index (χ2v) is 7.31. The third-order valence-corrected chi connectivity index (χ3v) is 3.97. The number of nitrogens with zero attached hydrogens (tertiary/aromatic N) is 1. The van der Waals surface area contributed by atoms with Crippen LogP contribution < -0.4 is 4.90 Å². The molecular formula is C21H32FNO4. The number of anilines is 1. The molecule has 152 valence electrons. The Morgan fingerprint density at radius 2 is 1.44 bits per heavy atom. The summed E-state index contributed by atoms with van der Waals surface area (Å²) in [6.07, 6.45) is 0.907. The van der Waals surface area contributed by atoms with E-state index in [1.54, 1.807) is 58.6 Å². The monoisotopic (exact) mass is 381 g/mol. The molecule has 0 atom stereocenters. The van der Waals surface area contributed by atoms with Crippen LogP contribution in [0.3, 0.4) is 0 Å². The molecule has 0 bridgehead atoms. The van der Waals surface area contributed by atoms with Crippen LogP contribution in [0, 0.1) is 19.7 Å². The molecule has 0 aliphatic rings. The van der Waals surface area contributed by atoms with Crippen LogP contribution in [0.25, 0.3) is 0 Å². The van der Waals surface area contributed by atoms with Gasteiger partial charge in [-0.15, -0.1) is 0 Å². The van der Waals surface area contributed by atoms with Crippen molar-refractivity contribution in [3.63, 3.8) is 0 Å². The molecule has 0 fully saturated rings. The van der Waals surface area contributed by atoms with Crippen molar-refractivity contribution in [1.29, 1.82) is 0 Å². The van der Waals surface area contributed by atoms with E-state index in [1.807, 2.05) is 6.92 Å². The van der Waals surface area contributed by atoms with Gasteiger partial charge in [-0.2, -0.15) is 0 Å². The third kappa shape index (κ3) is 6.52. The molecule has 1 rings (SSSR count). The Balaban J connectivity index is 3.41. The van der Waals surface area contributed by atoms with Gasteiger partial charge in [-0.3, -0.25) is 0 Å². The second-order valence-electron chi connectivity index (χ2n) is 7.31. The first-order chi connectivity index (χ1) is 12.6. The number of rotatable bonds is 9. The summed E-state index contributed by atoms with van der Waals surface area (Å²) in [6.45, 7) is 12.7. The van der Waals surface area contributed by atoms with Crippen molar-refractivity contribution in [1.82, 2.24) is 0 Å². The highest BCUT2D eigenvalue weighted by Crippen LogP contribution is 2.25.